The van der Waals surface area contributed by atoms with Crippen LogP contribution in [0.1, 0.15) is 22.8 Å². The summed E-state index contributed by atoms with van der Waals surface area (Å²) in [6, 6.07) is 4.06. The van der Waals surface area contributed by atoms with E-state index < -0.39 is 29.8 Å². The third-order valence-corrected chi connectivity index (χ3v) is 2.42. The fourth-order valence-corrected chi connectivity index (χ4v) is 1.23. The molecule has 1 rings (SSSR count). The number of carboxylic acid groups (broad SMARTS) is 1. The van der Waals surface area contributed by atoms with Crippen molar-refractivity contribution >= 4 is 11.9 Å². The standard InChI is InChI=1S/C12H14FNO4/c1-7-3-4-8(9(13)5-7)10(15)14-6-12(2,18)11(16)17/h3-5,18H,6H2,1-2H3,(H,14,15)(H,16,17). The number of aliphatic carboxylic acids is 1. The number of hydrogen-bond donors (Lipinski definition) is 3. The molecule has 0 radical (unpaired) electrons. The molecule has 0 spiro atoms. The van der Waals surface area contributed by atoms with Gasteiger partial charge in [0, 0.05) is 0 Å². The first-order chi connectivity index (χ1) is 8.24. The monoisotopic (exact) mass is 255 g/mol. The number of amides is 1. The minimum Gasteiger partial charge on any atom is -0.479 e. The lowest BCUT2D eigenvalue weighted by Crippen LogP contribution is -2.46. The topological polar surface area (TPSA) is 86.6 Å². The largest absolute Gasteiger partial charge is 0.479 e. The van der Waals surface area contributed by atoms with Gasteiger partial charge >= 0.3 is 5.97 Å². The maximum absolute atomic E-state index is 13.4. The van der Waals surface area contributed by atoms with E-state index in [-0.39, 0.29) is 5.56 Å². The molecule has 0 aliphatic carbocycles. The Morgan fingerprint density at radius 1 is 1.44 bits per heavy atom. The van der Waals surface area contributed by atoms with Gasteiger partial charge in [-0.1, -0.05) is 6.07 Å². The molecule has 1 atom stereocenters. The normalized spacial score (nSPS) is 13.8. The Morgan fingerprint density at radius 3 is 2.56 bits per heavy atom. The van der Waals surface area contributed by atoms with Crippen LogP contribution < -0.4 is 5.32 Å². The summed E-state index contributed by atoms with van der Waals surface area (Å²) in [4.78, 5) is 22.2. The van der Waals surface area contributed by atoms with E-state index in [9.17, 15) is 19.1 Å². The van der Waals surface area contributed by atoms with Crippen molar-refractivity contribution in [2.24, 2.45) is 0 Å². The number of aryl methyl sites for hydroxylation is 1. The first kappa shape index (κ1) is 14.1. The second-order valence-electron chi connectivity index (χ2n) is 4.24. The molecule has 3 N–H and O–H groups in total. The minimum absolute atomic E-state index is 0.193. The number of carbonyl (C=O) groups excluding carboxylic acids is 1. The van der Waals surface area contributed by atoms with Gasteiger partial charge in [-0.05, 0) is 31.5 Å². The van der Waals surface area contributed by atoms with Crippen LogP contribution in [0.2, 0.25) is 0 Å². The highest BCUT2D eigenvalue weighted by Gasteiger charge is 2.30. The molecule has 0 fully saturated rings. The molecule has 1 aromatic rings. The number of rotatable bonds is 4. The highest BCUT2D eigenvalue weighted by molar-refractivity contribution is 5.95. The Kier molecular flexibility index (Phi) is 4.03. The fourth-order valence-electron chi connectivity index (χ4n) is 1.23. The predicted molar refractivity (Wildman–Crippen MR) is 61.7 cm³/mol. The van der Waals surface area contributed by atoms with E-state index in [0.717, 1.165) is 6.92 Å². The van der Waals surface area contributed by atoms with Gasteiger partial charge in [0.15, 0.2) is 5.60 Å². The van der Waals surface area contributed by atoms with Gasteiger partial charge in [0.1, 0.15) is 5.82 Å². The summed E-state index contributed by atoms with van der Waals surface area (Å²) in [6.07, 6.45) is 0. The molecule has 0 aromatic heterocycles. The summed E-state index contributed by atoms with van der Waals surface area (Å²) >= 11 is 0. The number of halogens is 1. The van der Waals surface area contributed by atoms with Crippen molar-refractivity contribution in [3.05, 3.63) is 35.1 Å². The smallest absolute Gasteiger partial charge is 0.337 e. The van der Waals surface area contributed by atoms with Gasteiger partial charge in [-0.25, -0.2) is 9.18 Å². The Labute approximate surface area is 103 Å². The molecule has 0 saturated heterocycles. The number of benzene rings is 1. The van der Waals surface area contributed by atoms with Gasteiger partial charge in [0.25, 0.3) is 5.91 Å². The summed E-state index contributed by atoms with van der Waals surface area (Å²) in [5.41, 5.74) is -1.61. The van der Waals surface area contributed by atoms with Crippen molar-refractivity contribution in [3.63, 3.8) is 0 Å². The average molecular weight is 255 g/mol. The molecule has 98 valence electrons. The second-order valence-corrected chi connectivity index (χ2v) is 4.24. The molecule has 1 amide bonds. The van der Waals surface area contributed by atoms with Crippen molar-refractivity contribution < 1.29 is 24.2 Å². The maximum Gasteiger partial charge on any atom is 0.337 e. The quantitative estimate of drug-likeness (QED) is 0.739. The van der Waals surface area contributed by atoms with Gasteiger partial charge in [-0.3, -0.25) is 4.79 Å². The van der Waals surface area contributed by atoms with E-state index in [1.807, 2.05) is 0 Å². The van der Waals surface area contributed by atoms with Crippen LogP contribution in [0.5, 0.6) is 0 Å². The Bertz CT molecular complexity index is 485. The van der Waals surface area contributed by atoms with Crippen molar-refractivity contribution in [1.82, 2.24) is 5.32 Å². The summed E-state index contributed by atoms with van der Waals surface area (Å²) < 4.78 is 13.4. The lowest BCUT2D eigenvalue weighted by atomic mass is 10.1. The highest BCUT2D eigenvalue weighted by atomic mass is 19.1. The van der Waals surface area contributed by atoms with Crippen molar-refractivity contribution in [2.75, 3.05) is 6.54 Å². The van der Waals surface area contributed by atoms with Crippen molar-refractivity contribution in [1.29, 1.82) is 0 Å². The number of carbonyl (C=O) groups is 2. The lowest BCUT2D eigenvalue weighted by Gasteiger charge is -2.18. The van der Waals surface area contributed by atoms with E-state index in [4.69, 9.17) is 5.11 Å². The first-order valence-corrected chi connectivity index (χ1v) is 5.24. The molecule has 18 heavy (non-hydrogen) atoms. The first-order valence-electron chi connectivity index (χ1n) is 5.24. The highest BCUT2D eigenvalue weighted by Crippen LogP contribution is 2.10. The molecular weight excluding hydrogens is 241 g/mol. The van der Waals surface area contributed by atoms with Gasteiger partial charge in [-0.15, -0.1) is 0 Å². The molecule has 0 saturated carbocycles. The molecule has 0 aliphatic heterocycles. The fraction of sp³-hybridized carbons (Fsp3) is 0.333. The van der Waals surface area contributed by atoms with Crippen LogP contribution >= 0.6 is 0 Å². The third-order valence-electron chi connectivity index (χ3n) is 2.42. The number of nitrogens with one attached hydrogen (secondary N) is 1. The van der Waals surface area contributed by atoms with E-state index in [0.29, 0.717) is 5.56 Å². The van der Waals surface area contributed by atoms with Crippen LogP contribution in [-0.2, 0) is 4.79 Å². The van der Waals surface area contributed by atoms with Crippen LogP contribution in [0.3, 0.4) is 0 Å². The minimum atomic E-state index is -2.09. The van der Waals surface area contributed by atoms with E-state index >= 15 is 0 Å². The SMILES string of the molecule is Cc1ccc(C(=O)NCC(C)(O)C(=O)O)c(F)c1. The second kappa shape index (κ2) is 5.14. The molecule has 1 aromatic carbocycles. The number of hydrogen-bond acceptors (Lipinski definition) is 3. The average Bonchev–Trinajstić information content (AvgIpc) is 2.25. The Morgan fingerprint density at radius 2 is 2.06 bits per heavy atom. The van der Waals surface area contributed by atoms with Gasteiger partial charge in [0.05, 0.1) is 12.1 Å². The Hall–Kier alpha value is -1.95. The van der Waals surface area contributed by atoms with Crippen LogP contribution in [0.15, 0.2) is 18.2 Å². The third kappa shape index (κ3) is 3.27. The van der Waals surface area contributed by atoms with Crippen molar-refractivity contribution in [3.8, 4) is 0 Å². The summed E-state index contributed by atoms with van der Waals surface area (Å²) in [7, 11) is 0. The lowest BCUT2D eigenvalue weighted by molar-refractivity contribution is -0.155. The molecule has 6 heteroatoms. The molecule has 1 unspecified atom stereocenters. The van der Waals surface area contributed by atoms with Gasteiger partial charge in [-0.2, -0.15) is 0 Å². The van der Waals surface area contributed by atoms with E-state index in [1.54, 1.807) is 13.0 Å². The summed E-state index contributed by atoms with van der Waals surface area (Å²) in [5.74, 6) is -2.93. The molecule has 5 nitrogen and oxygen atoms in total. The summed E-state index contributed by atoms with van der Waals surface area (Å²) in [6.45, 7) is 2.22. The zero-order valence-corrected chi connectivity index (χ0v) is 10.0. The van der Waals surface area contributed by atoms with Crippen LogP contribution in [0.25, 0.3) is 0 Å². The van der Waals surface area contributed by atoms with E-state index in [2.05, 4.69) is 5.32 Å². The predicted octanol–water partition coefficient (Wildman–Crippen LogP) is 0.700. The van der Waals surface area contributed by atoms with E-state index in [1.165, 1.54) is 12.1 Å². The molecule has 0 aliphatic rings. The summed E-state index contributed by atoms with van der Waals surface area (Å²) in [5, 5.41) is 20.2. The van der Waals surface area contributed by atoms with Crippen LogP contribution in [0.4, 0.5) is 4.39 Å². The van der Waals surface area contributed by atoms with Crippen LogP contribution in [0, 0.1) is 12.7 Å². The number of carboxylic acids is 1. The van der Waals surface area contributed by atoms with Crippen molar-refractivity contribution in [2.45, 2.75) is 19.4 Å². The number of aliphatic hydroxyl groups is 1. The maximum atomic E-state index is 13.4. The molecule has 0 heterocycles. The van der Waals surface area contributed by atoms with Gasteiger partial charge in [0.2, 0.25) is 0 Å². The zero-order chi connectivity index (χ0) is 13.9. The zero-order valence-electron chi connectivity index (χ0n) is 10.0. The van der Waals surface area contributed by atoms with Crippen LogP contribution in [-0.4, -0.2) is 34.2 Å². The van der Waals surface area contributed by atoms with Gasteiger partial charge < -0.3 is 15.5 Å². The molecular formula is C12H14FNO4. The Balaban J connectivity index is 2.75. The molecule has 0 bridgehead atoms.